The zero-order valence-corrected chi connectivity index (χ0v) is 18.6. The number of benzene rings is 1. The third-order valence-corrected chi connectivity index (χ3v) is 6.06. The number of amides is 1. The number of halogens is 1. The summed E-state index contributed by atoms with van der Waals surface area (Å²) in [7, 11) is 0. The highest BCUT2D eigenvalue weighted by Gasteiger charge is 2.30. The maximum atomic E-state index is 15.3. The van der Waals surface area contributed by atoms with Crippen LogP contribution in [0.25, 0.3) is 16.8 Å². The SMILES string of the molecule is Cc1cnc2c(-c3ccc(C(=O)N(c4ncccc4C)[C@@H]4CCCNC4)cc3F)cnn2c1. The van der Waals surface area contributed by atoms with E-state index in [9.17, 15) is 4.79 Å². The number of carbonyl (C=O) groups excluding carboxylic acids is 1. The fraction of sp³-hybridized carbons (Fsp3) is 0.280. The van der Waals surface area contributed by atoms with Gasteiger partial charge in [-0.25, -0.2) is 18.9 Å². The topological polar surface area (TPSA) is 75.4 Å². The number of hydrogen-bond acceptors (Lipinski definition) is 5. The van der Waals surface area contributed by atoms with E-state index in [2.05, 4.69) is 20.4 Å². The lowest BCUT2D eigenvalue weighted by atomic mass is 10.0. The van der Waals surface area contributed by atoms with Crippen molar-refractivity contribution >= 4 is 17.4 Å². The Labute approximate surface area is 191 Å². The number of aromatic nitrogens is 4. The van der Waals surface area contributed by atoms with Crippen LogP contribution in [0.5, 0.6) is 0 Å². The summed E-state index contributed by atoms with van der Waals surface area (Å²) >= 11 is 0. The van der Waals surface area contributed by atoms with E-state index >= 15 is 4.39 Å². The molecular formula is C25H25FN6O. The van der Waals surface area contributed by atoms with Crippen LogP contribution in [0.15, 0.2) is 55.1 Å². The molecule has 1 aliphatic heterocycles. The molecule has 1 aliphatic rings. The van der Waals surface area contributed by atoms with Gasteiger partial charge < -0.3 is 5.32 Å². The molecule has 1 fully saturated rings. The average Bonchev–Trinajstić information content (AvgIpc) is 3.23. The van der Waals surface area contributed by atoms with Crippen molar-refractivity contribution in [1.82, 2.24) is 24.9 Å². The van der Waals surface area contributed by atoms with E-state index in [0.29, 0.717) is 29.1 Å². The second kappa shape index (κ2) is 8.71. The van der Waals surface area contributed by atoms with E-state index in [1.54, 1.807) is 40.1 Å². The molecule has 0 bridgehead atoms. The summed E-state index contributed by atoms with van der Waals surface area (Å²) in [5.74, 6) is -0.134. The zero-order chi connectivity index (χ0) is 22.9. The summed E-state index contributed by atoms with van der Waals surface area (Å²) < 4.78 is 16.9. The Balaban J connectivity index is 1.52. The third-order valence-electron chi connectivity index (χ3n) is 6.06. The van der Waals surface area contributed by atoms with E-state index in [0.717, 1.165) is 30.5 Å². The highest BCUT2D eigenvalue weighted by atomic mass is 19.1. The van der Waals surface area contributed by atoms with Gasteiger partial charge in [0.25, 0.3) is 5.91 Å². The second-order valence-corrected chi connectivity index (χ2v) is 8.47. The molecule has 0 aliphatic carbocycles. The lowest BCUT2D eigenvalue weighted by Crippen LogP contribution is -2.49. The second-order valence-electron chi connectivity index (χ2n) is 8.47. The first-order valence-electron chi connectivity index (χ1n) is 11.1. The van der Waals surface area contributed by atoms with Gasteiger partial charge in [0.1, 0.15) is 11.6 Å². The smallest absolute Gasteiger partial charge is 0.259 e. The van der Waals surface area contributed by atoms with Gasteiger partial charge in [-0.05, 0) is 62.6 Å². The summed E-state index contributed by atoms with van der Waals surface area (Å²) in [5.41, 5.74) is 3.66. The number of nitrogens with one attached hydrogen (secondary N) is 1. The maximum Gasteiger partial charge on any atom is 0.259 e. The van der Waals surface area contributed by atoms with E-state index in [4.69, 9.17) is 0 Å². The maximum absolute atomic E-state index is 15.3. The van der Waals surface area contributed by atoms with Crippen molar-refractivity contribution in [2.24, 2.45) is 0 Å². The van der Waals surface area contributed by atoms with Gasteiger partial charge in [0.2, 0.25) is 0 Å². The highest BCUT2D eigenvalue weighted by Crippen LogP contribution is 2.29. The molecule has 1 atom stereocenters. The van der Waals surface area contributed by atoms with E-state index in [1.165, 1.54) is 6.07 Å². The highest BCUT2D eigenvalue weighted by molar-refractivity contribution is 6.06. The molecule has 1 saturated heterocycles. The van der Waals surface area contributed by atoms with Gasteiger partial charge in [-0.15, -0.1) is 0 Å². The molecular weight excluding hydrogens is 419 g/mol. The van der Waals surface area contributed by atoms with Crippen LogP contribution in [0, 0.1) is 19.7 Å². The molecule has 1 amide bonds. The number of carbonyl (C=O) groups is 1. The van der Waals surface area contributed by atoms with E-state index in [-0.39, 0.29) is 17.5 Å². The Morgan fingerprint density at radius 2 is 2.06 bits per heavy atom. The number of piperidine rings is 1. The number of nitrogens with zero attached hydrogens (tertiary/aromatic N) is 5. The number of fused-ring (bicyclic) bond motifs is 1. The minimum Gasteiger partial charge on any atom is -0.315 e. The molecule has 0 spiro atoms. The van der Waals surface area contributed by atoms with Crippen LogP contribution in [0.3, 0.4) is 0 Å². The van der Waals surface area contributed by atoms with E-state index in [1.807, 2.05) is 32.2 Å². The van der Waals surface area contributed by atoms with Crippen molar-refractivity contribution in [1.29, 1.82) is 0 Å². The number of aryl methyl sites for hydroxylation is 2. The van der Waals surface area contributed by atoms with Crippen molar-refractivity contribution in [2.45, 2.75) is 32.7 Å². The Morgan fingerprint density at radius 1 is 1.18 bits per heavy atom. The standard InChI is InChI=1S/C25H25FN6O/c1-16-12-29-24-21(14-30-31(24)15-16)20-8-7-18(11-22(20)26)25(33)32(19-6-4-9-27-13-19)23-17(2)5-3-10-28-23/h3,5,7-8,10-12,14-15,19,27H,4,6,9,13H2,1-2H3/t19-/m1/s1. The Kier molecular flexibility index (Phi) is 5.60. The van der Waals surface area contributed by atoms with Crippen molar-refractivity contribution in [2.75, 3.05) is 18.0 Å². The largest absolute Gasteiger partial charge is 0.315 e. The predicted octanol–water partition coefficient (Wildman–Crippen LogP) is 3.95. The van der Waals surface area contributed by atoms with Crippen LogP contribution < -0.4 is 10.2 Å². The molecule has 7 nitrogen and oxygen atoms in total. The number of rotatable bonds is 4. The monoisotopic (exact) mass is 444 g/mol. The zero-order valence-electron chi connectivity index (χ0n) is 18.6. The lowest BCUT2D eigenvalue weighted by molar-refractivity contribution is 0.0971. The minimum absolute atomic E-state index is 0.0466. The number of pyridine rings is 1. The molecule has 168 valence electrons. The summed E-state index contributed by atoms with van der Waals surface area (Å²) in [6.07, 6.45) is 8.67. The molecule has 33 heavy (non-hydrogen) atoms. The van der Waals surface area contributed by atoms with E-state index < -0.39 is 5.82 Å². The van der Waals surface area contributed by atoms with Crippen LogP contribution in [-0.2, 0) is 0 Å². The first kappa shape index (κ1) is 21.2. The molecule has 1 aromatic carbocycles. The molecule has 1 N–H and O–H groups in total. The number of anilines is 1. The quantitative estimate of drug-likeness (QED) is 0.516. The van der Waals surface area contributed by atoms with Crippen molar-refractivity contribution < 1.29 is 9.18 Å². The summed E-state index contributed by atoms with van der Waals surface area (Å²) in [6.45, 7) is 5.46. The lowest BCUT2D eigenvalue weighted by Gasteiger charge is -2.34. The summed E-state index contributed by atoms with van der Waals surface area (Å²) in [6, 6.07) is 8.33. The Bertz CT molecular complexity index is 1330. The van der Waals surface area contributed by atoms with Crippen LogP contribution in [-0.4, -0.2) is 44.6 Å². The van der Waals surface area contributed by atoms with Gasteiger partial charge in [-0.3, -0.25) is 9.69 Å². The van der Waals surface area contributed by atoms with Gasteiger partial charge in [-0.1, -0.05) is 12.1 Å². The van der Waals surface area contributed by atoms with Gasteiger partial charge in [-0.2, -0.15) is 5.10 Å². The van der Waals surface area contributed by atoms with Gasteiger partial charge in [0.05, 0.1) is 12.2 Å². The first-order chi connectivity index (χ1) is 16.0. The average molecular weight is 445 g/mol. The van der Waals surface area contributed by atoms with Crippen LogP contribution in [0.1, 0.15) is 34.3 Å². The molecule has 0 radical (unpaired) electrons. The fourth-order valence-electron chi connectivity index (χ4n) is 4.38. The third kappa shape index (κ3) is 3.98. The normalized spacial score (nSPS) is 16.2. The molecule has 0 unspecified atom stereocenters. The van der Waals surface area contributed by atoms with Crippen molar-refractivity contribution in [3.63, 3.8) is 0 Å². The van der Waals surface area contributed by atoms with Crippen LogP contribution in [0.4, 0.5) is 10.2 Å². The molecule has 5 rings (SSSR count). The Morgan fingerprint density at radius 3 is 2.82 bits per heavy atom. The predicted molar refractivity (Wildman–Crippen MR) is 125 cm³/mol. The minimum atomic E-state index is -0.488. The van der Waals surface area contributed by atoms with Gasteiger partial charge in [0, 0.05) is 41.8 Å². The van der Waals surface area contributed by atoms with Gasteiger partial charge >= 0.3 is 0 Å². The summed E-state index contributed by atoms with van der Waals surface area (Å²) in [4.78, 5) is 24.3. The molecule has 4 aromatic rings. The molecule has 8 heteroatoms. The first-order valence-corrected chi connectivity index (χ1v) is 11.1. The van der Waals surface area contributed by atoms with Gasteiger partial charge in [0.15, 0.2) is 5.65 Å². The van der Waals surface area contributed by atoms with Crippen molar-refractivity contribution in [3.05, 3.63) is 77.6 Å². The summed E-state index contributed by atoms with van der Waals surface area (Å²) in [5, 5.41) is 7.65. The Hall–Kier alpha value is -3.65. The van der Waals surface area contributed by atoms with Crippen LogP contribution in [0.2, 0.25) is 0 Å². The molecule has 0 saturated carbocycles. The van der Waals surface area contributed by atoms with Crippen LogP contribution >= 0.6 is 0 Å². The molecule has 4 heterocycles. The van der Waals surface area contributed by atoms with Crippen molar-refractivity contribution in [3.8, 4) is 11.1 Å². The fourth-order valence-corrected chi connectivity index (χ4v) is 4.38. The number of hydrogen-bond donors (Lipinski definition) is 1. The molecule has 3 aromatic heterocycles.